The van der Waals surface area contributed by atoms with E-state index in [1.165, 1.54) is 12.8 Å². The minimum Gasteiger partial charge on any atom is -0.384 e. The van der Waals surface area contributed by atoms with Gasteiger partial charge in [0.05, 0.1) is 5.69 Å². The summed E-state index contributed by atoms with van der Waals surface area (Å²) in [7, 11) is 0. The summed E-state index contributed by atoms with van der Waals surface area (Å²) in [5.74, 6) is 1.38. The van der Waals surface area contributed by atoms with Crippen molar-refractivity contribution in [1.82, 2.24) is 14.8 Å². The molecule has 1 aliphatic carbocycles. The molecular weight excluding hydrogens is 214 g/mol. The molecule has 0 bridgehead atoms. The van der Waals surface area contributed by atoms with Crippen LogP contribution in [0.1, 0.15) is 30.0 Å². The first kappa shape index (κ1) is 10.0. The molecule has 2 aromatic rings. The van der Waals surface area contributed by atoms with Crippen LogP contribution in [0.25, 0.3) is 5.82 Å². The second-order valence-corrected chi connectivity index (χ2v) is 4.28. The molecule has 5 heteroatoms. The van der Waals surface area contributed by atoms with E-state index in [1.807, 2.05) is 12.3 Å². The zero-order chi connectivity index (χ0) is 11.8. The van der Waals surface area contributed by atoms with Crippen molar-refractivity contribution >= 4 is 5.84 Å². The number of aromatic nitrogens is 3. The van der Waals surface area contributed by atoms with E-state index >= 15 is 0 Å². The first-order valence-electron chi connectivity index (χ1n) is 5.60. The van der Waals surface area contributed by atoms with Gasteiger partial charge < -0.3 is 5.73 Å². The number of nitrogens with two attached hydrogens (primary N) is 1. The highest BCUT2D eigenvalue weighted by molar-refractivity contribution is 5.95. The van der Waals surface area contributed by atoms with Gasteiger partial charge >= 0.3 is 0 Å². The summed E-state index contributed by atoms with van der Waals surface area (Å²) in [5.41, 5.74) is 7.24. The first-order valence-corrected chi connectivity index (χ1v) is 5.60. The van der Waals surface area contributed by atoms with Gasteiger partial charge in [-0.2, -0.15) is 5.10 Å². The summed E-state index contributed by atoms with van der Waals surface area (Å²) in [6.07, 6.45) is 6.01. The lowest BCUT2D eigenvalue weighted by atomic mass is 10.2. The highest BCUT2D eigenvalue weighted by atomic mass is 15.3. The van der Waals surface area contributed by atoms with Crippen LogP contribution in [-0.2, 0) is 0 Å². The van der Waals surface area contributed by atoms with E-state index in [0.717, 1.165) is 5.69 Å². The fourth-order valence-corrected chi connectivity index (χ4v) is 1.77. The third-order valence-corrected chi connectivity index (χ3v) is 2.90. The number of pyridine rings is 1. The zero-order valence-electron chi connectivity index (χ0n) is 9.30. The summed E-state index contributed by atoms with van der Waals surface area (Å²) in [6.45, 7) is 0. The van der Waals surface area contributed by atoms with Crippen LogP contribution in [0.5, 0.6) is 0 Å². The van der Waals surface area contributed by atoms with Gasteiger partial charge in [0, 0.05) is 23.9 Å². The van der Waals surface area contributed by atoms with Gasteiger partial charge in [0.1, 0.15) is 5.84 Å². The third kappa shape index (κ3) is 1.91. The van der Waals surface area contributed by atoms with E-state index < -0.39 is 0 Å². The van der Waals surface area contributed by atoms with Crippen LogP contribution >= 0.6 is 0 Å². The van der Waals surface area contributed by atoms with E-state index in [0.29, 0.717) is 17.3 Å². The van der Waals surface area contributed by atoms with Gasteiger partial charge in [0.25, 0.3) is 0 Å². The molecule has 2 aromatic heterocycles. The van der Waals surface area contributed by atoms with Crippen molar-refractivity contribution in [2.45, 2.75) is 18.8 Å². The van der Waals surface area contributed by atoms with Crippen LogP contribution in [-0.4, -0.2) is 20.6 Å². The molecule has 1 aliphatic rings. The Bertz CT molecular complexity index is 568. The van der Waals surface area contributed by atoms with E-state index in [1.54, 1.807) is 23.0 Å². The number of hydrogen-bond donors (Lipinski definition) is 2. The lowest BCUT2D eigenvalue weighted by molar-refractivity contribution is 0.812. The average molecular weight is 227 g/mol. The van der Waals surface area contributed by atoms with Crippen LogP contribution in [0, 0.1) is 5.41 Å². The molecule has 0 unspecified atom stereocenters. The van der Waals surface area contributed by atoms with Gasteiger partial charge in [-0.25, -0.2) is 9.67 Å². The van der Waals surface area contributed by atoms with Gasteiger partial charge in [0.15, 0.2) is 5.82 Å². The number of nitrogens with one attached hydrogen (secondary N) is 1. The molecule has 0 spiro atoms. The molecule has 0 aliphatic heterocycles. The standard InChI is InChI=1S/C12H13N5/c13-12(14)9-3-5-15-11(7-9)17-6-4-10(16-17)8-1-2-8/h3-8H,1-2H2,(H3,13,14). The summed E-state index contributed by atoms with van der Waals surface area (Å²) in [4.78, 5) is 4.23. The zero-order valence-corrected chi connectivity index (χ0v) is 9.30. The minimum atomic E-state index is 0.0447. The Morgan fingerprint density at radius 1 is 1.41 bits per heavy atom. The second-order valence-electron chi connectivity index (χ2n) is 4.28. The van der Waals surface area contributed by atoms with Crippen molar-refractivity contribution in [1.29, 1.82) is 5.41 Å². The summed E-state index contributed by atoms with van der Waals surface area (Å²) in [5, 5.41) is 11.9. The highest BCUT2D eigenvalue weighted by Crippen LogP contribution is 2.38. The maximum Gasteiger partial charge on any atom is 0.153 e. The molecular formula is C12H13N5. The van der Waals surface area contributed by atoms with Crippen LogP contribution in [0.3, 0.4) is 0 Å². The molecule has 0 amide bonds. The first-order chi connectivity index (χ1) is 8.24. The molecule has 86 valence electrons. The largest absolute Gasteiger partial charge is 0.384 e. The lowest BCUT2D eigenvalue weighted by Crippen LogP contribution is -2.12. The molecule has 5 nitrogen and oxygen atoms in total. The molecule has 3 rings (SSSR count). The Morgan fingerprint density at radius 3 is 2.94 bits per heavy atom. The predicted octanol–water partition coefficient (Wildman–Crippen LogP) is 1.43. The molecule has 0 atom stereocenters. The quantitative estimate of drug-likeness (QED) is 0.614. The topological polar surface area (TPSA) is 80.6 Å². The number of amidine groups is 1. The van der Waals surface area contributed by atoms with Crippen molar-refractivity contribution in [3.8, 4) is 5.82 Å². The molecule has 1 saturated carbocycles. The molecule has 1 fully saturated rings. The lowest BCUT2D eigenvalue weighted by Gasteiger charge is -2.02. The van der Waals surface area contributed by atoms with Crippen molar-refractivity contribution in [2.24, 2.45) is 5.73 Å². The van der Waals surface area contributed by atoms with Crippen LogP contribution < -0.4 is 5.73 Å². The van der Waals surface area contributed by atoms with Gasteiger partial charge in [-0.1, -0.05) is 0 Å². The molecule has 0 aromatic carbocycles. The van der Waals surface area contributed by atoms with E-state index in [-0.39, 0.29) is 5.84 Å². The smallest absolute Gasteiger partial charge is 0.153 e. The van der Waals surface area contributed by atoms with Crippen LogP contribution in [0.15, 0.2) is 30.6 Å². The van der Waals surface area contributed by atoms with E-state index in [4.69, 9.17) is 11.1 Å². The Labute approximate surface area is 98.8 Å². The van der Waals surface area contributed by atoms with E-state index in [2.05, 4.69) is 10.1 Å². The summed E-state index contributed by atoms with van der Waals surface area (Å²) < 4.78 is 1.74. The SMILES string of the molecule is N=C(N)c1ccnc(-n2ccc(C3CC3)n2)c1. The van der Waals surface area contributed by atoms with Crippen molar-refractivity contribution in [3.63, 3.8) is 0 Å². The fraction of sp³-hybridized carbons (Fsp3) is 0.250. The molecule has 0 saturated heterocycles. The number of nitrogens with zero attached hydrogens (tertiary/aromatic N) is 3. The van der Waals surface area contributed by atoms with Crippen molar-refractivity contribution < 1.29 is 0 Å². The molecule has 3 N–H and O–H groups in total. The number of hydrogen-bond acceptors (Lipinski definition) is 3. The number of nitrogen functional groups attached to an aromatic ring is 1. The number of rotatable bonds is 3. The predicted molar refractivity (Wildman–Crippen MR) is 64.4 cm³/mol. The van der Waals surface area contributed by atoms with Gasteiger partial charge in [0.2, 0.25) is 0 Å². The van der Waals surface area contributed by atoms with Crippen LogP contribution in [0.4, 0.5) is 0 Å². The van der Waals surface area contributed by atoms with Gasteiger partial charge in [-0.05, 0) is 31.0 Å². The normalized spacial score (nSPS) is 14.8. The second kappa shape index (κ2) is 3.69. The van der Waals surface area contributed by atoms with Gasteiger partial charge in [-0.15, -0.1) is 0 Å². The Kier molecular flexibility index (Phi) is 2.18. The Hall–Kier alpha value is -2.17. The van der Waals surface area contributed by atoms with Crippen LogP contribution in [0.2, 0.25) is 0 Å². The Balaban J connectivity index is 1.96. The third-order valence-electron chi connectivity index (χ3n) is 2.90. The minimum absolute atomic E-state index is 0.0447. The Morgan fingerprint density at radius 2 is 2.24 bits per heavy atom. The van der Waals surface area contributed by atoms with Crippen molar-refractivity contribution in [3.05, 3.63) is 41.9 Å². The molecule has 17 heavy (non-hydrogen) atoms. The molecule has 0 radical (unpaired) electrons. The van der Waals surface area contributed by atoms with Gasteiger partial charge in [-0.3, -0.25) is 5.41 Å². The monoisotopic (exact) mass is 227 g/mol. The van der Waals surface area contributed by atoms with Crippen molar-refractivity contribution in [2.75, 3.05) is 0 Å². The van der Waals surface area contributed by atoms with E-state index in [9.17, 15) is 0 Å². The molecule has 2 heterocycles. The maximum atomic E-state index is 7.40. The maximum absolute atomic E-state index is 7.40. The fourth-order valence-electron chi connectivity index (χ4n) is 1.77. The summed E-state index contributed by atoms with van der Waals surface area (Å²) in [6, 6.07) is 5.52. The highest BCUT2D eigenvalue weighted by Gasteiger charge is 2.25. The average Bonchev–Trinajstić information content (AvgIpc) is 3.07. The summed E-state index contributed by atoms with van der Waals surface area (Å²) >= 11 is 0.